The first-order valence-corrected chi connectivity index (χ1v) is 15.4. The average Bonchev–Trinajstić information content (AvgIpc) is 2.99. The predicted molar refractivity (Wildman–Crippen MR) is 184 cm³/mol. The minimum Gasteiger partial charge on any atom is -0.444 e. The molecule has 47 heavy (non-hydrogen) atoms. The number of nitrogens with one attached hydrogen (secondary N) is 2. The van der Waals surface area contributed by atoms with Crippen molar-refractivity contribution in [2.75, 3.05) is 5.32 Å². The van der Waals surface area contributed by atoms with Crippen molar-refractivity contribution in [3.05, 3.63) is 120 Å². The first-order valence-electron chi connectivity index (χ1n) is 15.4. The SMILES string of the molecule is CC(C)(C)OC(=O)/N=C(/NC(=O)OC(C)(C)C)Nc1ccc(C(=O)Oc2ccc(CCc3ccccc3)c(-c3ccccc3)c2)cc1. The highest BCUT2D eigenvalue weighted by atomic mass is 16.6. The Labute approximate surface area is 276 Å². The fourth-order valence-corrected chi connectivity index (χ4v) is 4.50. The highest BCUT2D eigenvalue weighted by molar-refractivity contribution is 6.06. The summed E-state index contributed by atoms with van der Waals surface area (Å²) in [7, 11) is 0. The molecular weight excluding hydrogens is 594 g/mol. The summed E-state index contributed by atoms with van der Waals surface area (Å²) in [5.74, 6) is -0.320. The van der Waals surface area contributed by atoms with Gasteiger partial charge in [-0.1, -0.05) is 66.7 Å². The lowest BCUT2D eigenvalue weighted by molar-refractivity contribution is 0.0561. The second-order valence-electron chi connectivity index (χ2n) is 12.8. The van der Waals surface area contributed by atoms with Crippen LogP contribution in [-0.4, -0.2) is 35.3 Å². The molecule has 4 rings (SSSR count). The highest BCUT2D eigenvalue weighted by Gasteiger charge is 2.21. The van der Waals surface area contributed by atoms with Crippen LogP contribution < -0.4 is 15.4 Å². The van der Waals surface area contributed by atoms with Gasteiger partial charge in [-0.25, -0.2) is 14.4 Å². The Morgan fingerprint density at radius 2 is 1.32 bits per heavy atom. The quantitative estimate of drug-likeness (QED) is 0.0904. The van der Waals surface area contributed by atoms with E-state index in [4.69, 9.17) is 14.2 Å². The molecule has 0 atom stereocenters. The number of esters is 1. The molecule has 4 aromatic rings. The standard InChI is InChI=1S/C38H41N3O6/c1-37(2,3)46-35(43)40-34(41-36(44)47-38(4,5)6)39-30-22-19-29(20-23-30)33(42)45-31-24-21-28(18-17-26-13-9-7-10-14-26)32(25-31)27-15-11-8-12-16-27/h7-16,19-25H,17-18H2,1-6H3,(H2,39,40,41,43,44). The van der Waals surface area contributed by atoms with Gasteiger partial charge in [-0.3, -0.25) is 5.32 Å². The van der Waals surface area contributed by atoms with E-state index in [0.29, 0.717) is 17.0 Å². The lowest BCUT2D eigenvalue weighted by atomic mass is 9.95. The molecule has 0 saturated heterocycles. The van der Waals surface area contributed by atoms with Gasteiger partial charge in [-0.2, -0.15) is 0 Å². The van der Waals surface area contributed by atoms with Gasteiger partial charge in [0.25, 0.3) is 0 Å². The average molecular weight is 636 g/mol. The third kappa shape index (κ3) is 11.5. The molecule has 0 aliphatic carbocycles. The summed E-state index contributed by atoms with van der Waals surface area (Å²) < 4.78 is 16.3. The number of aryl methyl sites for hydroxylation is 2. The fourth-order valence-electron chi connectivity index (χ4n) is 4.50. The number of nitrogens with zero attached hydrogens (tertiary/aromatic N) is 1. The molecule has 0 radical (unpaired) electrons. The van der Waals surface area contributed by atoms with Gasteiger partial charge in [-0.05, 0) is 113 Å². The van der Waals surface area contributed by atoms with Crippen molar-refractivity contribution < 1.29 is 28.6 Å². The van der Waals surface area contributed by atoms with Gasteiger partial charge in [-0.15, -0.1) is 4.99 Å². The van der Waals surface area contributed by atoms with Gasteiger partial charge in [0.05, 0.1) is 5.56 Å². The molecule has 9 heteroatoms. The third-order valence-corrected chi connectivity index (χ3v) is 6.50. The molecule has 0 heterocycles. The van der Waals surface area contributed by atoms with Gasteiger partial charge in [0.2, 0.25) is 5.96 Å². The van der Waals surface area contributed by atoms with Crippen LogP contribution in [0.25, 0.3) is 11.1 Å². The molecule has 9 nitrogen and oxygen atoms in total. The van der Waals surface area contributed by atoms with Gasteiger partial charge < -0.3 is 19.5 Å². The first kappa shape index (κ1) is 34.4. The van der Waals surface area contributed by atoms with Crippen LogP contribution >= 0.6 is 0 Å². The Morgan fingerprint density at radius 1 is 0.702 bits per heavy atom. The second kappa shape index (κ2) is 15.2. The molecule has 0 fully saturated rings. The summed E-state index contributed by atoms with van der Waals surface area (Å²) in [6.45, 7) is 10.3. The maximum absolute atomic E-state index is 13.1. The van der Waals surface area contributed by atoms with Crippen LogP contribution in [0.2, 0.25) is 0 Å². The minimum absolute atomic E-state index is 0.204. The molecule has 2 N–H and O–H groups in total. The van der Waals surface area contributed by atoms with Crippen LogP contribution in [-0.2, 0) is 22.3 Å². The number of guanidine groups is 1. The van der Waals surface area contributed by atoms with E-state index in [2.05, 4.69) is 27.8 Å². The van der Waals surface area contributed by atoms with Crippen molar-refractivity contribution in [2.45, 2.75) is 65.6 Å². The monoisotopic (exact) mass is 635 g/mol. The summed E-state index contributed by atoms with van der Waals surface area (Å²) in [6.07, 6.45) is 0.00190. The number of carbonyl (C=O) groups is 3. The van der Waals surface area contributed by atoms with Crippen LogP contribution in [0, 0.1) is 0 Å². The summed E-state index contributed by atoms with van der Waals surface area (Å²) in [5.41, 5.74) is 3.62. The van der Waals surface area contributed by atoms with Gasteiger partial charge in [0, 0.05) is 5.69 Å². The Hall–Kier alpha value is -5.44. The first-order chi connectivity index (χ1) is 22.2. The van der Waals surface area contributed by atoms with Crippen molar-refractivity contribution in [1.82, 2.24) is 5.32 Å². The maximum atomic E-state index is 13.1. The smallest absolute Gasteiger partial charge is 0.437 e. The number of hydrogen-bond acceptors (Lipinski definition) is 6. The third-order valence-electron chi connectivity index (χ3n) is 6.50. The minimum atomic E-state index is -0.905. The Kier molecular flexibility index (Phi) is 11.2. The number of alkyl carbamates (subject to hydrolysis) is 1. The molecule has 0 aliphatic heterocycles. The zero-order valence-electron chi connectivity index (χ0n) is 27.6. The maximum Gasteiger partial charge on any atom is 0.437 e. The summed E-state index contributed by atoms with van der Waals surface area (Å²) in [6, 6.07) is 32.4. The van der Waals surface area contributed by atoms with Crippen molar-refractivity contribution in [3.8, 4) is 16.9 Å². The molecule has 0 bridgehead atoms. The highest BCUT2D eigenvalue weighted by Crippen LogP contribution is 2.30. The number of aliphatic imine (C=N–C) groups is 1. The summed E-state index contributed by atoms with van der Waals surface area (Å²) in [4.78, 5) is 41.8. The molecule has 0 unspecified atom stereocenters. The van der Waals surface area contributed by atoms with E-state index in [0.717, 1.165) is 29.5 Å². The zero-order chi connectivity index (χ0) is 34.0. The largest absolute Gasteiger partial charge is 0.444 e. The van der Waals surface area contributed by atoms with E-state index in [1.807, 2.05) is 66.7 Å². The topological polar surface area (TPSA) is 115 Å². The molecule has 0 spiro atoms. The number of ether oxygens (including phenoxy) is 3. The number of anilines is 1. The number of benzene rings is 4. The van der Waals surface area contributed by atoms with E-state index in [9.17, 15) is 14.4 Å². The predicted octanol–water partition coefficient (Wildman–Crippen LogP) is 8.59. The van der Waals surface area contributed by atoms with E-state index in [-0.39, 0.29) is 5.96 Å². The van der Waals surface area contributed by atoms with Crippen molar-refractivity contribution in [3.63, 3.8) is 0 Å². The summed E-state index contributed by atoms with van der Waals surface area (Å²) >= 11 is 0. The van der Waals surface area contributed by atoms with Crippen molar-refractivity contribution in [2.24, 2.45) is 4.99 Å². The number of rotatable bonds is 7. The lowest BCUT2D eigenvalue weighted by Crippen LogP contribution is -2.40. The Morgan fingerprint density at radius 3 is 1.94 bits per heavy atom. The van der Waals surface area contributed by atoms with Gasteiger partial charge in [0.15, 0.2) is 0 Å². The van der Waals surface area contributed by atoms with Crippen molar-refractivity contribution >= 4 is 29.8 Å². The summed E-state index contributed by atoms with van der Waals surface area (Å²) in [5, 5.41) is 5.30. The normalized spacial score (nSPS) is 11.7. The second-order valence-corrected chi connectivity index (χ2v) is 12.8. The molecule has 244 valence electrons. The van der Waals surface area contributed by atoms with E-state index in [1.54, 1.807) is 65.8 Å². The lowest BCUT2D eigenvalue weighted by Gasteiger charge is -2.21. The number of carbonyl (C=O) groups excluding carboxylic acids is 3. The molecule has 0 aromatic heterocycles. The Balaban J connectivity index is 1.48. The Bertz CT molecular complexity index is 1700. The fraction of sp³-hybridized carbons (Fsp3) is 0.263. The van der Waals surface area contributed by atoms with Crippen molar-refractivity contribution in [1.29, 1.82) is 0 Å². The molecule has 0 aliphatic rings. The molecule has 0 saturated carbocycles. The van der Waals surface area contributed by atoms with Crippen LogP contribution in [0.3, 0.4) is 0 Å². The van der Waals surface area contributed by atoms with Gasteiger partial charge >= 0.3 is 18.2 Å². The van der Waals surface area contributed by atoms with Crippen LogP contribution in [0.15, 0.2) is 108 Å². The van der Waals surface area contributed by atoms with Crippen LogP contribution in [0.1, 0.15) is 63.0 Å². The van der Waals surface area contributed by atoms with Gasteiger partial charge in [0.1, 0.15) is 17.0 Å². The molecule has 4 aromatic carbocycles. The van der Waals surface area contributed by atoms with E-state index < -0.39 is 29.4 Å². The van der Waals surface area contributed by atoms with Crippen LogP contribution in [0.4, 0.5) is 15.3 Å². The number of amides is 2. The zero-order valence-corrected chi connectivity index (χ0v) is 27.6. The van der Waals surface area contributed by atoms with Crippen LogP contribution in [0.5, 0.6) is 5.75 Å². The van der Waals surface area contributed by atoms with E-state index in [1.165, 1.54) is 5.56 Å². The molecule has 2 amide bonds. The number of hydrogen-bond donors (Lipinski definition) is 2. The molecular formula is C38H41N3O6. The van der Waals surface area contributed by atoms with E-state index >= 15 is 0 Å².